The fraction of sp³-hybridized carbons (Fsp3) is 0.176. The van der Waals surface area contributed by atoms with Crippen LogP contribution in [-0.2, 0) is 4.79 Å². The first kappa shape index (κ1) is 15.6. The molecule has 0 saturated carbocycles. The van der Waals surface area contributed by atoms with Crippen LogP contribution in [0.1, 0.15) is 12.5 Å². The summed E-state index contributed by atoms with van der Waals surface area (Å²) in [5.41, 5.74) is 1.64. The van der Waals surface area contributed by atoms with Crippen molar-refractivity contribution in [3.63, 3.8) is 0 Å². The van der Waals surface area contributed by atoms with Crippen LogP contribution < -0.4 is 9.47 Å². The van der Waals surface area contributed by atoms with Crippen molar-refractivity contribution in [1.82, 2.24) is 0 Å². The fourth-order valence-electron chi connectivity index (χ4n) is 1.77. The number of rotatable bonds is 7. The highest BCUT2D eigenvalue weighted by molar-refractivity contribution is 5.82. The molecule has 0 heterocycles. The minimum Gasteiger partial charge on any atom is -0.494 e. The summed E-state index contributed by atoms with van der Waals surface area (Å²) < 4.78 is 10.5. The minimum atomic E-state index is -1.01. The van der Waals surface area contributed by atoms with Gasteiger partial charge in [0.1, 0.15) is 11.5 Å². The number of carboxylic acid groups (broad SMARTS) is 1. The maximum Gasteiger partial charge on any atom is 0.341 e. The first-order valence-corrected chi connectivity index (χ1v) is 6.89. The molecule has 114 valence electrons. The van der Waals surface area contributed by atoms with E-state index in [1.54, 1.807) is 24.4 Å². The number of aliphatic carboxylic acids is 1. The van der Waals surface area contributed by atoms with Crippen molar-refractivity contribution >= 4 is 17.9 Å². The van der Waals surface area contributed by atoms with Gasteiger partial charge >= 0.3 is 5.97 Å². The summed E-state index contributed by atoms with van der Waals surface area (Å²) in [7, 11) is 0. The number of ether oxygens (including phenoxy) is 2. The maximum absolute atomic E-state index is 10.5. The number of hydrogen-bond donors (Lipinski definition) is 1. The van der Waals surface area contributed by atoms with Gasteiger partial charge in [-0.1, -0.05) is 12.1 Å². The zero-order chi connectivity index (χ0) is 15.8. The maximum atomic E-state index is 10.5. The van der Waals surface area contributed by atoms with Crippen molar-refractivity contribution in [2.24, 2.45) is 4.99 Å². The first-order valence-electron chi connectivity index (χ1n) is 6.89. The van der Waals surface area contributed by atoms with E-state index in [9.17, 15) is 4.79 Å². The number of hydrogen-bond acceptors (Lipinski definition) is 4. The summed E-state index contributed by atoms with van der Waals surface area (Å²) in [6.45, 7) is 2.21. The normalized spacial score (nSPS) is 10.6. The van der Waals surface area contributed by atoms with Gasteiger partial charge in [0.15, 0.2) is 6.61 Å². The summed E-state index contributed by atoms with van der Waals surface area (Å²) in [6.07, 6.45) is 1.70. The fourth-order valence-corrected chi connectivity index (χ4v) is 1.77. The lowest BCUT2D eigenvalue weighted by Crippen LogP contribution is -2.09. The highest BCUT2D eigenvalue weighted by atomic mass is 16.5. The number of carbonyl (C=O) groups is 1. The Morgan fingerprint density at radius 1 is 1.14 bits per heavy atom. The van der Waals surface area contributed by atoms with Crippen LogP contribution in [0.3, 0.4) is 0 Å². The molecule has 0 saturated heterocycles. The number of aliphatic imine (C=N–C) groups is 1. The quantitative estimate of drug-likeness (QED) is 0.796. The van der Waals surface area contributed by atoms with Crippen molar-refractivity contribution < 1.29 is 19.4 Å². The van der Waals surface area contributed by atoms with Crippen molar-refractivity contribution in [3.8, 4) is 11.5 Å². The van der Waals surface area contributed by atoms with E-state index in [0.717, 1.165) is 17.0 Å². The summed E-state index contributed by atoms with van der Waals surface area (Å²) >= 11 is 0. The molecular formula is C17H17NO4. The van der Waals surface area contributed by atoms with E-state index >= 15 is 0 Å². The molecule has 0 aliphatic carbocycles. The third-order valence-corrected chi connectivity index (χ3v) is 2.73. The van der Waals surface area contributed by atoms with Crippen molar-refractivity contribution in [1.29, 1.82) is 0 Å². The van der Waals surface area contributed by atoms with Crippen molar-refractivity contribution in [3.05, 3.63) is 54.1 Å². The van der Waals surface area contributed by atoms with E-state index in [0.29, 0.717) is 12.4 Å². The SMILES string of the molecule is CCOc1ccc(N=Cc2cccc(OCC(=O)O)c2)cc1. The molecule has 0 unspecified atom stereocenters. The molecule has 0 aliphatic heterocycles. The Labute approximate surface area is 128 Å². The van der Waals surface area contributed by atoms with E-state index in [4.69, 9.17) is 14.6 Å². The van der Waals surface area contributed by atoms with Crippen molar-refractivity contribution in [2.75, 3.05) is 13.2 Å². The summed E-state index contributed by atoms with van der Waals surface area (Å²) in [5.74, 6) is 0.303. The van der Waals surface area contributed by atoms with Crippen LogP contribution in [0.4, 0.5) is 5.69 Å². The highest BCUT2D eigenvalue weighted by Crippen LogP contribution is 2.18. The molecule has 0 spiro atoms. The Hall–Kier alpha value is -2.82. The topological polar surface area (TPSA) is 68.1 Å². The van der Waals surface area contributed by atoms with Crippen LogP contribution in [0.2, 0.25) is 0 Å². The van der Waals surface area contributed by atoms with Crippen LogP contribution in [0, 0.1) is 0 Å². The molecule has 5 nitrogen and oxygen atoms in total. The van der Waals surface area contributed by atoms with Crippen molar-refractivity contribution in [2.45, 2.75) is 6.92 Å². The molecule has 0 atom stereocenters. The monoisotopic (exact) mass is 299 g/mol. The molecule has 22 heavy (non-hydrogen) atoms. The van der Waals surface area contributed by atoms with Gasteiger partial charge in [0.2, 0.25) is 0 Å². The predicted molar refractivity (Wildman–Crippen MR) is 84.4 cm³/mol. The Morgan fingerprint density at radius 3 is 2.59 bits per heavy atom. The van der Waals surface area contributed by atoms with E-state index in [-0.39, 0.29) is 6.61 Å². The predicted octanol–water partition coefficient (Wildman–Crippen LogP) is 3.30. The molecular weight excluding hydrogens is 282 g/mol. The Kier molecular flexibility index (Phi) is 5.54. The molecule has 0 radical (unpaired) electrons. The summed E-state index contributed by atoms with van der Waals surface area (Å²) in [5, 5.41) is 8.60. The third kappa shape index (κ3) is 4.94. The van der Waals surface area contributed by atoms with E-state index in [1.165, 1.54) is 0 Å². The van der Waals surface area contributed by atoms with Crippen LogP contribution in [0.25, 0.3) is 0 Å². The second-order valence-electron chi connectivity index (χ2n) is 4.44. The standard InChI is InChI=1S/C17H17NO4/c1-2-21-15-8-6-14(7-9-15)18-11-13-4-3-5-16(10-13)22-12-17(19)20/h3-11H,2,12H2,1H3,(H,19,20). The molecule has 5 heteroatoms. The smallest absolute Gasteiger partial charge is 0.341 e. The highest BCUT2D eigenvalue weighted by Gasteiger charge is 1.99. The zero-order valence-electron chi connectivity index (χ0n) is 12.2. The number of nitrogens with zero attached hydrogens (tertiary/aromatic N) is 1. The summed E-state index contributed by atoms with van der Waals surface area (Å²) in [4.78, 5) is 14.8. The summed E-state index contributed by atoms with van der Waals surface area (Å²) in [6, 6.07) is 14.6. The lowest BCUT2D eigenvalue weighted by molar-refractivity contribution is -0.139. The molecule has 0 aromatic heterocycles. The van der Waals surface area contributed by atoms with Crippen LogP contribution in [-0.4, -0.2) is 30.5 Å². The molecule has 0 amide bonds. The second kappa shape index (κ2) is 7.83. The molecule has 0 aliphatic rings. The molecule has 0 bridgehead atoms. The van der Waals surface area contributed by atoms with Gasteiger partial charge in [0, 0.05) is 6.21 Å². The molecule has 2 rings (SSSR count). The first-order chi connectivity index (χ1) is 10.7. The second-order valence-corrected chi connectivity index (χ2v) is 4.44. The third-order valence-electron chi connectivity index (χ3n) is 2.73. The van der Waals surface area contributed by atoms with Crippen LogP contribution in [0.15, 0.2) is 53.5 Å². The van der Waals surface area contributed by atoms with Gasteiger partial charge in [-0.15, -0.1) is 0 Å². The minimum absolute atomic E-state index is 0.362. The zero-order valence-corrected chi connectivity index (χ0v) is 12.2. The van der Waals surface area contributed by atoms with Gasteiger partial charge in [0.25, 0.3) is 0 Å². The Bertz CT molecular complexity index is 650. The Balaban J connectivity index is 2.02. The van der Waals surface area contributed by atoms with Gasteiger partial charge < -0.3 is 14.6 Å². The Morgan fingerprint density at radius 2 is 1.91 bits per heavy atom. The van der Waals surface area contributed by atoms with E-state index < -0.39 is 5.97 Å². The molecule has 1 N–H and O–H groups in total. The average molecular weight is 299 g/mol. The van der Waals surface area contributed by atoms with Gasteiger partial charge in [0.05, 0.1) is 12.3 Å². The van der Waals surface area contributed by atoms with Crippen LogP contribution in [0.5, 0.6) is 11.5 Å². The van der Waals surface area contributed by atoms with E-state index in [1.807, 2.05) is 37.3 Å². The molecule has 2 aromatic carbocycles. The average Bonchev–Trinajstić information content (AvgIpc) is 2.53. The van der Waals surface area contributed by atoms with E-state index in [2.05, 4.69) is 4.99 Å². The van der Waals surface area contributed by atoms with Gasteiger partial charge in [-0.3, -0.25) is 4.99 Å². The van der Waals surface area contributed by atoms with Crippen LogP contribution >= 0.6 is 0 Å². The molecule has 0 fully saturated rings. The van der Waals surface area contributed by atoms with Gasteiger partial charge in [-0.05, 0) is 48.9 Å². The lowest BCUT2D eigenvalue weighted by Gasteiger charge is -2.04. The lowest BCUT2D eigenvalue weighted by atomic mass is 10.2. The molecule has 2 aromatic rings. The van der Waals surface area contributed by atoms with Gasteiger partial charge in [-0.25, -0.2) is 4.79 Å². The van der Waals surface area contributed by atoms with Gasteiger partial charge in [-0.2, -0.15) is 0 Å². The number of benzene rings is 2. The largest absolute Gasteiger partial charge is 0.494 e. The number of carboxylic acids is 1.